The number of aliphatic carboxylic acids is 1. The van der Waals surface area contributed by atoms with Crippen LogP contribution >= 0.6 is 0 Å². The van der Waals surface area contributed by atoms with Crippen LogP contribution in [0.1, 0.15) is 37.0 Å². The average Bonchev–Trinajstić information content (AvgIpc) is 2.25. The monoisotopic (exact) mass is 269 g/mol. The molecule has 0 atom stereocenters. The van der Waals surface area contributed by atoms with Crippen LogP contribution in [-0.4, -0.2) is 27.6 Å². The fourth-order valence-electron chi connectivity index (χ4n) is 1.59. The molecule has 0 aliphatic rings. The van der Waals surface area contributed by atoms with E-state index in [-0.39, 0.29) is 12.8 Å². The Kier molecular flexibility index (Phi) is 4.47. The number of rotatable bonds is 5. The number of benzene rings is 1. The smallest absolute Gasteiger partial charge is 0.303 e. The molecule has 0 heterocycles. The Bertz CT molecular complexity index is 479. The lowest BCUT2D eigenvalue weighted by Crippen LogP contribution is -2.44. The van der Waals surface area contributed by atoms with Crippen LogP contribution in [0.5, 0.6) is 5.75 Å². The molecule has 0 aliphatic carbocycles. The summed E-state index contributed by atoms with van der Waals surface area (Å²) in [5.74, 6) is -3.03. The van der Waals surface area contributed by atoms with Gasteiger partial charge in [0.25, 0.3) is 5.91 Å². The van der Waals surface area contributed by atoms with E-state index in [9.17, 15) is 19.1 Å². The Balaban J connectivity index is 2.82. The number of carbonyl (C=O) groups is 2. The number of carboxylic acid groups (broad SMARTS) is 1. The summed E-state index contributed by atoms with van der Waals surface area (Å²) in [4.78, 5) is 22.4. The van der Waals surface area contributed by atoms with E-state index in [1.807, 2.05) is 0 Å². The zero-order valence-electron chi connectivity index (χ0n) is 10.7. The Labute approximate surface area is 110 Å². The van der Waals surface area contributed by atoms with Crippen molar-refractivity contribution in [1.29, 1.82) is 0 Å². The topological polar surface area (TPSA) is 86.6 Å². The summed E-state index contributed by atoms with van der Waals surface area (Å²) in [6.07, 6.45) is 0.0832. The van der Waals surface area contributed by atoms with Gasteiger partial charge in [0, 0.05) is 12.0 Å². The Morgan fingerprint density at radius 3 is 2.53 bits per heavy atom. The van der Waals surface area contributed by atoms with Crippen molar-refractivity contribution in [2.45, 2.75) is 32.2 Å². The van der Waals surface area contributed by atoms with Gasteiger partial charge in [0.2, 0.25) is 0 Å². The van der Waals surface area contributed by atoms with Crippen LogP contribution in [-0.2, 0) is 4.79 Å². The molecule has 0 saturated heterocycles. The van der Waals surface area contributed by atoms with Gasteiger partial charge in [-0.15, -0.1) is 0 Å². The van der Waals surface area contributed by atoms with E-state index in [4.69, 9.17) is 5.11 Å². The van der Waals surface area contributed by atoms with Crippen LogP contribution in [0.15, 0.2) is 18.2 Å². The van der Waals surface area contributed by atoms with Crippen molar-refractivity contribution in [2.75, 3.05) is 0 Å². The summed E-state index contributed by atoms with van der Waals surface area (Å²) in [5, 5.41) is 20.6. The maximum Gasteiger partial charge on any atom is 0.303 e. The largest absolute Gasteiger partial charge is 0.507 e. The highest BCUT2D eigenvalue weighted by molar-refractivity contribution is 5.97. The normalized spacial score (nSPS) is 11.1. The number of aromatic hydroxyl groups is 1. The second kappa shape index (κ2) is 5.69. The van der Waals surface area contributed by atoms with Gasteiger partial charge >= 0.3 is 5.97 Å². The third-order valence-electron chi connectivity index (χ3n) is 2.63. The number of hydrogen-bond donors (Lipinski definition) is 3. The maximum absolute atomic E-state index is 13.5. The van der Waals surface area contributed by atoms with E-state index in [1.54, 1.807) is 13.8 Å². The number of carboxylic acids is 1. The molecule has 104 valence electrons. The third-order valence-corrected chi connectivity index (χ3v) is 2.63. The number of halogens is 1. The Hall–Kier alpha value is -2.11. The molecular formula is C13H16FNO4. The van der Waals surface area contributed by atoms with Crippen molar-refractivity contribution in [3.63, 3.8) is 0 Å². The quantitative estimate of drug-likeness (QED) is 0.762. The van der Waals surface area contributed by atoms with E-state index in [0.29, 0.717) is 0 Å². The van der Waals surface area contributed by atoms with Gasteiger partial charge in [-0.1, -0.05) is 6.07 Å². The summed E-state index contributed by atoms with van der Waals surface area (Å²) >= 11 is 0. The van der Waals surface area contributed by atoms with E-state index < -0.39 is 34.5 Å². The highest BCUT2D eigenvalue weighted by atomic mass is 19.1. The van der Waals surface area contributed by atoms with Gasteiger partial charge in [-0.05, 0) is 32.4 Å². The van der Waals surface area contributed by atoms with Gasteiger partial charge in [-0.2, -0.15) is 0 Å². The molecule has 1 aromatic carbocycles. The predicted octanol–water partition coefficient (Wildman–Crippen LogP) is 1.90. The summed E-state index contributed by atoms with van der Waals surface area (Å²) in [5.41, 5.74) is -1.25. The van der Waals surface area contributed by atoms with Gasteiger partial charge in [0.1, 0.15) is 17.1 Å². The molecule has 0 spiro atoms. The van der Waals surface area contributed by atoms with Crippen LogP contribution < -0.4 is 5.32 Å². The van der Waals surface area contributed by atoms with Crippen LogP contribution in [0.25, 0.3) is 0 Å². The van der Waals surface area contributed by atoms with Crippen LogP contribution in [0.2, 0.25) is 0 Å². The van der Waals surface area contributed by atoms with E-state index in [1.165, 1.54) is 12.1 Å². The number of hydrogen-bond acceptors (Lipinski definition) is 3. The first-order chi connectivity index (χ1) is 8.73. The van der Waals surface area contributed by atoms with Crippen molar-refractivity contribution in [3.05, 3.63) is 29.6 Å². The number of phenolic OH excluding ortho intramolecular Hbond substituents is 1. The number of nitrogens with one attached hydrogen (secondary N) is 1. The highest BCUT2D eigenvalue weighted by Gasteiger charge is 2.25. The molecule has 5 nitrogen and oxygen atoms in total. The molecule has 0 fully saturated rings. The summed E-state index contributed by atoms with van der Waals surface area (Å²) in [7, 11) is 0. The highest BCUT2D eigenvalue weighted by Crippen LogP contribution is 2.21. The van der Waals surface area contributed by atoms with Crippen molar-refractivity contribution in [3.8, 4) is 5.75 Å². The van der Waals surface area contributed by atoms with Crippen LogP contribution in [0.4, 0.5) is 4.39 Å². The minimum absolute atomic E-state index is 0.115. The lowest BCUT2D eigenvalue weighted by Gasteiger charge is -2.25. The number of amides is 1. The lowest BCUT2D eigenvalue weighted by atomic mass is 9.97. The van der Waals surface area contributed by atoms with Gasteiger partial charge in [-0.3, -0.25) is 9.59 Å². The van der Waals surface area contributed by atoms with Crippen LogP contribution in [0.3, 0.4) is 0 Å². The maximum atomic E-state index is 13.5. The second-order valence-corrected chi connectivity index (χ2v) is 4.87. The Morgan fingerprint density at radius 2 is 2.00 bits per heavy atom. The first-order valence-corrected chi connectivity index (χ1v) is 5.75. The summed E-state index contributed by atoms with van der Waals surface area (Å²) in [6.45, 7) is 3.26. The first-order valence-electron chi connectivity index (χ1n) is 5.75. The minimum Gasteiger partial charge on any atom is -0.507 e. The minimum atomic E-state index is -0.976. The zero-order chi connectivity index (χ0) is 14.6. The molecule has 1 aromatic rings. The SMILES string of the molecule is CC(C)(CCC(=O)O)NC(=O)c1c(O)cccc1F. The fraction of sp³-hybridized carbons (Fsp3) is 0.385. The van der Waals surface area contributed by atoms with Crippen molar-refractivity contribution < 1.29 is 24.2 Å². The Morgan fingerprint density at radius 1 is 1.37 bits per heavy atom. The van der Waals surface area contributed by atoms with Crippen molar-refractivity contribution in [1.82, 2.24) is 5.32 Å². The second-order valence-electron chi connectivity index (χ2n) is 4.87. The molecule has 6 heteroatoms. The number of phenols is 1. The molecule has 0 bridgehead atoms. The lowest BCUT2D eigenvalue weighted by molar-refractivity contribution is -0.137. The van der Waals surface area contributed by atoms with Gasteiger partial charge in [0.05, 0.1) is 0 Å². The molecule has 0 aromatic heterocycles. The van der Waals surface area contributed by atoms with Crippen molar-refractivity contribution in [2.24, 2.45) is 0 Å². The van der Waals surface area contributed by atoms with Crippen LogP contribution in [0, 0.1) is 5.82 Å². The molecule has 1 rings (SSSR count). The number of carbonyl (C=O) groups excluding carboxylic acids is 1. The van der Waals surface area contributed by atoms with E-state index in [2.05, 4.69) is 5.32 Å². The molecule has 19 heavy (non-hydrogen) atoms. The molecule has 1 amide bonds. The zero-order valence-corrected chi connectivity index (χ0v) is 10.7. The molecule has 0 aliphatic heterocycles. The molecule has 0 radical (unpaired) electrons. The summed E-state index contributed by atoms with van der Waals surface area (Å²) < 4.78 is 13.5. The summed E-state index contributed by atoms with van der Waals surface area (Å²) in [6, 6.07) is 3.57. The van der Waals surface area contributed by atoms with Gasteiger partial charge in [0.15, 0.2) is 0 Å². The molecule has 0 saturated carbocycles. The predicted molar refractivity (Wildman–Crippen MR) is 66.5 cm³/mol. The first kappa shape index (κ1) is 14.9. The van der Waals surface area contributed by atoms with Crippen molar-refractivity contribution >= 4 is 11.9 Å². The average molecular weight is 269 g/mol. The van der Waals surface area contributed by atoms with Gasteiger partial charge in [-0.25, -0.2) is 4.39 Å². The molecular weight excluding hydrogens is 253 g/mol. The standard InChI is InChI=1S/C13H16FNO4/c1-13(2,7-6-10(17)18)15-12(19)11-8(14)4-3-5-9(11)16/h3-5,16H,6-7H2,1-2H3,(H,15,19)(H,17,18). The van der Waals surface area contributed by atoms with E-state index >= 15 is 0 Å². The third kappa shape index (κ3) is 4.24. The molecule has 0 unspecified atom stereocenters. The van der Waals surface area contributed by atoms with E-state index in [0.717, 1.165) is 6.07 Å². The fourth-order valence-corrected chi connectivity index (χ4v) is 1.59. The molecule has 3 N–H and O–H groups in total. The van der Waals surface area contributed by atoms with Gasteiger partial charge < -0.3 is 15.5 Å².